The van der Waals surface area contributed by atoms with Crippen LogP contribution in [0.1, 0.15) is 26.3 Å². The number of halogens is 1. The first kappa shape index (κ1) is 20.7. The van der Waals surface area contributed by atoms with E-state index in [1.165, 1.54) is 36.5 Å². The number of hydrazone groups is 1. The molecule has 4 rings (SSSR count). The molecular weight excluding hydrogens is 409 g/mol. The molecule has 0 heterocycles. The Balaban J connectivity index is 1.46. The Bertz CT molecular complexity index is 1330. The van der Waals surface area contributed by atoms with Gasteiger partial charge in [-0.3, -0.25) is 9.59 Å². The van der Waals surface area contributed by atoms with Crippen molar-refractivity contribution in [2.45, 2.75) is 0 Å². The maximum absolute atomic E-state index is 13.0. The lowest BCUT2D eigenvalue weighted by Gasteiger charge is -2.07. The van der Waals surface area contributed by atoms with Crippen LogP contribution in [0.2, 0.25) is 0 Å². The largest absolute Gasteiger partial charge is 0.507 e. The third-order valence-corrected chi connectivity index (χ3v) is 4.80. The van der Waals surface area contributed by atoms with Crippen LogP contribution in [0.5, 0.6) is 5.75 Å². The van der Waals surface area contributed by atoms with Gasteiger partial charge in [0.1, 0.15) is 11.6 Å². The predicted molar refractivity (Wildman–Crippen MR) is 121 cm³/mol. The summed E-state index contributed by atoms with van der Waals surface area (Å²) in [4.78, 5) is 24.8. The topological polar surface area (TPSA) is 90.8 Å². The van der Waals surface area contributed by atoms with E-state index < -0.39 is 17.6 Å². The van der Waals surface area contributed by atoms with Gasteiger partial charge in [0.15, 0.2) is 0 Å². The molecule has 6 nitrogen and oxygen atoms in total. The van der Waals surface area contributed by atoms with Crippen LogP contribution in [0.4, 0.5) is 10.1 Å². The lowest BCUT2D eigenvalue weighted by Crippen LogP contribution is -2.18. The number of fused-ring (bicyclic) bond motifs is 1. The number of nitrogens with zero attached hydrogens (tertiary/aromatic N) is 1. The molecule has 4 aromatic rings. The van der Waals surface area contributed by atoms with Crippen LogP contribution in [0.3, 0.4) is 0 Å². The van der Waals surface area contributed by atoms with Gasteiger partial charge in [-0.2, -0.15) is 5.10 Å². The molecule has 0 aromatic heterocycles. The van der Waals surface area contributed by atoms with Gasteiger partial charge in [0.25, 0.3) is 11.8 Å². The van der Waals surface area contributed by atoms with Crippen molar-refractivity contribution in [3.63, 3.8) is 0 Å². The maximum atomic E-state index is 13.0. The summed E-state index contributed by atoms with van der Waals surface area (Å²) in [6.45, 7) is 0. The molecule has 7 heteroatoms. The van der Waals surface area contributed by atoms with Gasteiger partial charge in [0, 0.05) is 22.4 Å². The summed E-state index contributed by atoms with van der Waals surface area (Å²) in [5, 5.41) is 18.5. The van der Waals surface area contributed by atoms with Crippen molar-refractivity contribution in [1.82, 2.24) is 5.43 Å². The fraction of sp³-hybridized carbons (Fsp3) is 0. The third kappa shape index (κ3) is 4.62. The Morgan fingerprint density at radius 3 is 2.44 bits per heavy atom. The molecule has 0 saturated carbocycles. The number of phenolic OH excluding ortho intramolecular Hbond substituents is 1. The van der Waals surface area contributed by atoms with Crippen molar-refractivity contribution in [2.75, 3.05) is 5.32 Å². The molecule has 0 radical (unpaired) electrons. The number of anilines is 1. The molecule has 0 aliphatic carbocycles. The van der Waals surface area contributed by atoms with Gasteiger partial charge in [0.2, 0.25) is 0 Å². The smallest absolute Gasteiger partial charge is 0.271 e. The highest BCUT2D eigenvalue weighted by Crippen LogP contribution is 2.25. The highest BCUT2D eigenvalue weighted by Gasteiger charge is 2.10. The van der Waals surface area contributed by atoms with Crippen LogP contribution in [0, 0.1) is 5.82 Å². The zero-order valence-corrected chi connectivity index (χ0v) is 16.7. The minimum Gasteiger partial charge on any atom is -0.507 e. The minimum atomic E-state index is -0.487. The van der Waals surface area contributed by atoms with E-state index in [1.54, 1.807) is 30.3 Å². The molecule has 0 aliphatic heterocycles. The normalized spacial score (nSPS) is 10.9. The lowest BCUT2D eigenvalue weighted by atomic mass is 10.0. The first-order valence-electron chi connectivity index (χ1n) is 9.72. The van der Waals surface area contributed by atoms with Gasteiger partial charge in [-0.1, -0.05) is 36.4 Å². The van der Waals surface area contributed by atoms with Crippen LogP contribution in [0.25, 0.3) is 10.8 Å². The molecule has 158 valence electrons. The second-order valence-electron chi connectivity index (χ2n) is 6.96. The Hall–Kier alpha value is -4.52. The van der Waals surface area contributed by atoms with Crippen molar-refractivity contribution in [3.05, 3.63) is 107 Å². The van der Waals surface area contributed by atoms with E-state index in [1.807, 2.05) is 24.3 Å². The monoisotopic (exact) mass is 427 g/mol. The quantitative estimate of drug-likeness (QED) is 0.318. The fourth-order valence-electron chi connectivity index (χ4n) is 3.18. The number of aromatic hydroxyl groups is 1. The molecule has 0 bridgehead atoms. The Kier molecular flexibility index (Phi) is 5.89. The van der Waals surface area contributed by atoms with Gasteiger partial charge in [-0.25, -0.2) is 9.82 Å². The number of carbonyl (C=O) groups is 2. The van der Waals surface area contributed by atoms with Gasteiger partial charge < -0.3 is 10.4 Å². The van der Waals surface area contributed by atoms with Crippen molar-refractivity contribution in [2.24, 2.45) is 5.10 Å². The zero-order valence-electron chi connectivity index (χ0n) is 16.7. The number of phenols is 1. The number of hydrogen-bond donors (Lipinski definition) is 3. The van der Waals surface area contributed by atoms with Gasteiger partial charge in [-0.15, -0.1) is 0 Å². The molecule has 0 saturated heterocycles. The van der Waals surface area contributed by atoms with Crippen molar-refractivity contribution in [3.8, 4) is 5.75 Å². The van der Waals surface area contributed by atoms with Crippen LogP contribution in [0.15, 0.2) is 90.0 Å². The summed E-state index contributed by atoms with van der Waals surface area (Å²) < 4.78 is 13.0. The summed E-state index contributed by atoms with van der Waals surface area (Å²) in [6, 6.07) is 22.4. The lowest BCUT2D eigenvalue weighted by molar-refractivity contribution is 0.0953. The second kappa shape index (κ2) is 9.09. The van der Waals surface area contributed by atoms with Crippen LogP contribution in [-0.4, -0.2) is 23.1 Å². The Morgan fingerprint density at radius 1 is 0.844 bits per heavy atom. The van der Waals surface area contributed by atoms with Gasteiger partial charge in [0.05, 0.1) is 6.21 Å². The number of carbonyl (C=O) groups excluding carboxylic acids is 2. The molecule has 0 fully saturated rings. The molecule has 3 N–H and O–H groups in total. The number of rotatable bonds is 5. The van der Waals surface area contributed by atoms with Gasteiger partial charge >= 0.3 is 0 Å². The van der Waals surface area contributed by atoms with Crippen LogP contribution >= 0.6 is 0 Å². The van der Waals surface area contributed by atoms with Crippen molar-refractivity contribution in [1.29, 1.82) is 0 Å². The molecule has 32 heavy (non-hydrogen) atoms. The first-order valence-corrected chi connectivity index (χ1v) is 9.72. The van der Waals surface area contributed by atoms with E-state index >= 15 is 0 Å². The van der Waals surface area contributed by atoms with E-state index in [0.717, 1.165) is 10.8 Å². The maximum Gasteiger partial charge on any atom is 0.271 e. The van der Waals surface area contributed by atoms with E-state index in [-0.39, 0.29) is 11.3 Å². The summed E-state index contributed by atoms with van der Waals surface area (Å²) in [5.74, 6) is -1.30. The SMILES string of the molecule is O=C(N/N=C\c1c(O)ccc2ccccc12)c1cccc(NC(=O)c2ccc(F)cc2)c1. The van der Waals surface area contributed by atoms with E-state index in [4.69, 9.17) is 0 Å². The van der Waals surface area contributed by atoms with Crippen LogP contribution in [-0.2, 0) is 0 Å². The molecule has 4 aromatic carbocycles. The second-order valence-corrected chi connectivity index (χ2v) is 6.96. The minimum absolute atomic E-state index is 0.0483. The van der Waals surface area contributed by atoms with E-state index in [9.17, 15) is 19.1 Å². The average Bonchev–Trinajstić information content (AvgIpc) is 2.81. The van der Waals surface area contributed by atoms with E-state index in [2.05, 4.69) is 15.8 Å². The summed E-state index contributed by atoms with van der Waals surface area (Å²) in [7, 11) is 0. The fourth-order valence-corrected chi connectivity index (χ4v) is 3.18. The molecule has 0 aliphatic rings. The molecule has 2 amide bonds. The number of benzene rings is 4. The molecule has 0 spiro atoms. The van der Waals surface area contributed by atoms with E-state index in [0.29, 0.717) is 16.8 Å². The van der Waals surface area contributed by atoms with Crippen molar-refractivity contribution < 1.29 is 19.1 Å². The third-order valence-electron chi connectivity index (χ3n) is 4.80. The molecule has 0 atom stereocenters. The van der Waals surface area contributed by atoms with Crippen molar-refractivity contribution >= 4 is 34.5 Å². The summed E-state index contributed by atoms with van der Waals surface area (Å²) in [6.07, 6.45) is 1.38. The Morgan fingerprint density at radius 2 is 1.62 bits per heavy atom. The summed E-state index contributed by atoms with van der Waals surface area (Å²) in [5.41, 5.74) is 3.89. The standard InChI is InChI=1S/C25H18FN3O3/c26-19-11-8-17(9-12-19)24(31)28-20-6-3-5-18(14-20)25(32)29-27-15-22-21-7-2-1-4-16(21)10-13-23(22)30/h1-15,30H,(H,28,31)(H,29,32)/b27-15-. The zero-order chi connectivity index (χ0) is 22.5. The Labute approximate surface area is 183 Å². The number of amides is 2. The highest BCUT2D eigenvalue weighted by atomic mass is 19.1. The van der Waals surface area contributed by atoms with Gasteiger partial charge in [-0.05, 0) is 59.3 Å². The highest BCUT2D eigenvalue weighted by molar-refractivity contribution is 6.05. The average molecular weight is 427 g/mol. The summed E-state index contributed by atoms with van der Waals surface area (Å²) >= 11 is 0. The first-order chi connectivity index (χ1) is 15.5. The number of hydrogen-bond acceptors (Lipinski definition) is 4. The predicted octanol–water partition coefficient (Wildman–Crippen LogP) is 4.70. The molecule has 0 unspecified atom stereocenters. The van der Waals surface area contributed by atoms with Crippen LogP contribution < -0.4 is 10.7 Å². The molecular formula is C25H18FN3O3. The number of nitrogens with one attached hydrogen (secondary N) is 2.